The van der Waals surface area contributed by atoms with Gasteiger partial charge in [0.1, 0.15) is 0 Å². The van der Waals surface area contributed by atoms with Crippen LogP contribution in [-0.2, 0) is 10.0 Å². The molecule has 160 valence electrons. The fraction of sp³-hybridized carbons (Fsp3) is 0.174. The first-order chi connectivity index (χ1) is 14.9. The molecule has 1 saturated heterocycles. The van der Waals surface area contributed by atoms with Gasteiger partial charge >= 0.3 is 0 Å². The highest BCUT2D eigenvalue weighted by Crippen LogP contribution is 2.23. The number of anilines is 1. The Kier molecular flexibility index (Phi) is 6.71. The highest BCUT2D eigenvalue weighted by Gasteiger charge is 2.28. The zero-order valence-electron chi connectivity index (χ0n) is 16.6. The monoisotopic (exact) mass is 516 g/mol. The SMILES string of the molecule is O=C(C=Cc1cccs1)c1ccc(N2CCN(S(=O)(=O)c3ccc(Br)cc3)CC2)cc1. The minimum Gasteiger partial charge on any atom is -0.369 e. The largest absolute Gasteiger partial charge is 0.369 e. The summed E-state index contributed by atoms with van der Waals surface area (Å²) in [6, 6.07) is 18.1. The van der Waals surface area contributed by atoms with Crippen LogP contribution in [0.4, 0.5) is 5.69 Å². The summed E-state index contributed by atoms with van der Waals surface area (Å²) in [5.74, 6) is -0.0367. The van der Waals surface area contributed by atoms with Gasteiger partial charge in [-0.05, 0) is 72.1 Å². The van der Waals surface area contributed by atoms with Gasteiger partial charge in [-0.3, -0.25) is 4.79 Å². The van der Waals surface area contributed by atoms with Crippen LogP contribution >= 0.6 is 27.3 Å². The summed E-state index contributed by atoms with van der Waals surface area (Å²) < 4.78 is 28.1. The molecule has 5 nitrogen and oxygen atoms in total. The topological polar surface area (TPSA) is 57.7 Å². The van der Waals surface area contributed by atoms with Gasteiger partial charge in [-0.25, -0.2) is 8.42 Å². The molecule has 0 bridgehead atoms. The van der Waals surface area contributed by atoms with Crippen molar-refractivity contribution in [3.8, 4) is 0 Å². The van der Waals surface area contributed by atoms with Gasteiger partial charge in [-0.1, -0.05) is 22.0 Å². The summed E-state index contributed by atoms with van der Waals surface area (Å²) in [6.07, 6.45) is 3.42. The van der Waals surface area contributed by atoms with E-state index in [0.29, 0.717) is 36.6 Å². The summed E-state index contributed by atoms with van der Waals surface area (Å²) >= 11 is 4.92. The van der Waals surface area contributed by atoms with Crippen molar-refractivity contribution in [2.75, 3.05) is 31.1 Å². The highest BCUT2D eigenvalue weighted by molar-refractivity contribution is 9.10. The molecule has 1 fully saturated rings. The molecule has 0 radical (unpaired) electrons. The number of halogens is 1. The molecule has 0 unspecified atom stereocenters. The second-order valence-electron chi connectivity index (χ2n) is 7.10. The van der Waals surface area contributed by atoms with Crippen molar-refractivity contribution < 1.29 is 13.2 Å². The molecule has 0 saturated carbocycles. The number of rotatable bonds is 6. The van der Waals surface area contributed by atoms with Gasteiger partial charge in [0.25, 0.3) is 0 Å². The maximum atomic E-state index is 12.9. The number of hydrogen-bond acceptors (Lipinski definition) is 5. The molecule has 1 aliphatic heterocycles. The predicted octanol–water partition coefficient (Wildman–Crippen LogP) is 4.92. The van der Waals surface area contributed by atoms with E-state index in [0.717, 1.165) is 15.0 Å². The van der Waals surface area contributed by atoms with E-state index in [4.69, 9.17) is 0 Å². The number of piperazine rings is 1. The van der Waals surface area contributed by atoms with Gasteiger partial charge in [0.15, 0.2) is 5.78 Å². The minimum atomic E-state index is -3.49. The molecule has 0 N–H and O–H groups in total. The van der Waals surface area contributed by atoms with Gasteiger partial charge < -0.3 is 4.90 Å². The molecule has 2 aromatic carbocycles. The van der Waals surface area contributed by atoms with Crippen LogP contribution in [0.5, 0.6) is 0 Å². The standard InChI is InChI=1S/C23H21BrN2O3S2/c24-19-5-10-22(11-6-19)31(28,29)26-15-13-25(14-16-26)20-7-3-18(4-8-20)23(27)12-9-21-2-1-17-30-21/h1-12,17H,13-16H2. The summed E-state index contributed by atoms with van der Waals surface area (Å²) in [7, 11) is -3.49. The quantitative estimate of drug-likeness (QED) is 0.344. The van der Waals surface area contributed by atoms with Crippen LogP contribution < -0.4 is 4.90 Å². The van der Waals surface area contributed by atoms with Gasteiger partial charge in [0, 0.05) is 46.8 Å². The van der Waals surface area contributed by atoms with E-state index >= 15 is 0 Å². The number of nitrogens with zero attached hydrogens (tertiary/aromatic N) is 2. The van der Waals surface area contributed by atoms with Crippen LogP contribution in [-0.4, -0.2) is 44.7 Å². The molecule has 3 aromatic rings. The van der Waals surface area contributed by atoms with Gasteiger partial charge in [-0.2, -0.15) is 4.31 Å². The minimum absolute atomic E-state index is 0.0367. The van der Waals surface area contributed by atoms with Crippen LogP contribution in [0.2, 0.25) is 0 Å². The van der Waals surface area contributed by atoms with Gasteiger partial charge in [0.2, 0.25) is 10.0 Å². The van der Waals surface area contributed by atoms with E-state index in [1.165, 1.54) is 4.31 Å². The first kappa shape index (κ1) is 22.0. The summed E-state index contributed by atoms with van der Waals surface area (Å²) in [6.45, 7) is 2.04. The molecule has 1 aliphatic rings. The lowest BCUT2D eigenvalue weighted by Crippen LogP contribution is -2.48. The average Bonchev–Trinajstić information content (AvgIpc) is 3.32. The number of hydrogen-bond donors (Lipinski definition) is 0. The van der Waals surface area contributed by atoms with Crippen LogP contribution in [0.25, 0.3) is 6.08 Å². The molecular formula is C23H21BrN2O3S2. The number of allylic oxidation sites excluding steroid dienone is 1. The Hall–Kier alpha value is -2.26. The smallest absolute Gasteiger partial charge is 0.243 e. The third-order valence-electron chi connectivity index (χ3n) is 5.15. The zero-order chi connectivity index (χ0) is 21.8. The lowest BCUT2D eigenvalue weighted by atomic mass is 10.1. The van der Waals surface area contributed by atoms with E-state index in [9.17, 15) is 13.2 Å². The number of carbonyl (C=O) groups excluding carboxylic acids is 1. The average molecular weight is 517 g/mol. The molecule has 4 rings (SSSR count). The fourth-order valence-corrected chi connectivity index (χ4v) is 5.72. The Labute approximate surface area is 194 Å². The molecule has 0 aliphatic carbocycles. The van der Waals surface area contributed by atoms with Crippen LogP contribution in [0.1, 0.15) is 15.2 Å². The molecular weight excluding hydrogens is 496 g/mol. The molecule has 2 heterocycles. The van der Waals surface area contributed by atoms with Crippen LogP contribution in [0.3, 0.4) is 0 Å². The van der Waals surface area contributed by atoms with Crippen LogP contribution in [0, 0.1) is 0 Å². The molecule has 0 atom stereocenters. The van der Waals surface area contributed by atoms with E-state index < -0.39 is 10.0 Å². The van der Waals surface area contributed by atoms with Gasteiger partial charge in [0.05, 0.1) is 4.90 Å². The molecule has 0 amide bonds. The highest BCUT2D eigenvalue weighted by atomic mass is 79.9. The molecule has 1 aromatic heterocycles. The lowest BCUT2D eigenvalue weighted by molar-refractivity contribution is 0.104. The van der Waals surface area contributed by atoms with Crippen molar-refractivity contribution >= 4 is 54.8 Å². The number of ketones is 1. The van der Waals surface area contributed by atoms with Crippen molar-refractivity contribution in [3.63, 3.8) is 0 Å². The predicted molar refractivity (Wildman–Crippen MR) is 129 cm³/mol. The first-order valence-electron chi connectivity index (χ1n) is 9.80. The van der Waals surface area contributed by atoms with E-state index in [-0.39, 0.29) is 5.78 Å². The Balaban J connectivity index is 1.37. The summed E-state index contributed by atoms with van der Waals surface area (Å²) in [4.78, 5) is 15.9. The Morgan fingerprint density at radius 2 is 1.61 bits per heavy atom. The maximum absolute atomic E-state index is 12.9. The second-order valence-corrected chi connectivity index (χ2v) is 10.9. The van der Waals surface area contributed by atoms with E-state index in [1.54, 1.807) is 41.7 Å². The van der Waals surface area contributed by atoms with Gasteiger partial charge in [-0.15, -0.1) is 11.3 Å². The fourth-order valence-electron chi connectivity index (χ4n) is 3.42. The molecule has 0 spiro atoms. The Morgan fingerprint density at radius 3 is 2.23 bits per heavy atom. The van der Waals surface area contributed by atoms with Crippen molar-refractivity contribution in [2.45, 2.75) is 4.90 Å². The van der Waals surface area contributed by atoms with Crippen molar-refractivity contribution in [1.82, 2.24) is 4.31 Å². The van der Waals surface area contributed by atoms with Crippen LogP contribution in [0.15, 0.2) is 81.5 Å². The number of carbonyl (C=O) groups is 1. The molecule has 8 heteroatoms. The summed E-state index contributed by atoms with van der Waals surface area (Å²) in [5.41, 5.74) is 1.62. The molecule has 31 heavy (non-hydrogen) atoms. The second kappa shape index (κ2) is 9.48. The lowest BCUT2D eigenvalue weighted by Gasteiger charge is -2.35. The Bertz CT molecular complexity index is 1160. The normalized spacial score (nSPS) is 15.5. The third-order valence-corrected chi connectivity index (χ3v) is 8.43. The van der Waals surface area contributed by atoms with Crippen molar-refractivity contribution in [2.24, 2.45) is 0 Å². The Morgan fingerprint density at radius 1 is 0.935 bits per heavy atom. The van der Waals surface area contributed by atoms with Crippen molar-refractivity contribution in [1.29, 1.82) is 0 Å². The van der Waals surface area contributed by atoms with Crippen molar-refractivity contribution in [3.05, 3.63) is 87.0 Å². The zero-order valence-corrected chi connectivity index (χ0v) is 19.9. The van der Waals surface area contributed by atoms with E-state index in [1.807, 2.05) is 47.9 Å². The maximum Gasteiger partial charge on any atom is 0.243 e. The van der Waals surface area contributed by atoms with E-state index in [2.05, 4.69) is 20.8 Å². The number of sulfonamides is 1. The first-order valence-corrected chi connectivity index (χ1v) is 12.9. The third kappa shape index (κ3) is 5.15. The summed E-state index contributed by atoms with van der Waals surface area (Å²) in [5, 5.41) is 1.98. The number of benzene rings is 2. The number of thiophene rings is 1.